The Labute approximate surface area is 122 Å². The Kier molecular flexibility index (Phi) is 4.80. The molecule has 0 radical (unpaired) electrons. The lowest BCUT2D eigenvalue weighted by atomic mass is 10.0. The van der Waals surface area contributed by atoms with Crippen LogP contribution in [0.3, 0.4) is 0 Å². The van der Waals surface area contributed by atoms with E-state index in [1.807, 2.05) is 38.1 Å². The van der Waals surface area contributed by atoms with Crippen LogP contribution in [0.25, 0.3) is 11.0 Å². The topological polar surface area (TPSA) is 87.1 Å². The van der Waals surface area contributed by atoms with Crippen LogP contribution in [-0.4, -0.2) is 33.2 Å². The summed E-state index contributed by atoms with van der Waals surface area (Å²) >= 11 is 0. The highest BCUT2D eigenvalue weighted by molar-refractivity contribution is 5.76. The van der Waals surface area contributed by atoms with Crippen LogP contribution in [0.15, 0.2) is 29.1 Å². The van der Waals surface area contributed by atoms with Crippen LogP contribution in [0.4, 0.5) is 0 Å². The molecule has 6 heteroatoms. The number of aliphatic hydroxyl groups is 1. The second-order valence-corrected chi connectivity index (χ2v) is 5.46. The van der Waals surface area contributed by atoms with E-state index in [2.05, 4.69) is 10.3 Å². The number of hydrogen-bond acceptors (Lipinski definition) is 3. The van der Waals surface area contributed by atoms with Crippen LogP contribution in [0.2, 0.25) is 0 Å². The van der Waals surface area contributed by atoms with Crippen molar-refractivity contribution in [1.82, 2.24) is 14.9 Å². The molecule has 21 heavy (non-hydrogen) atoms. The molecule has 1 atom stereocenters. The van der Waals surface area contributed by atoms with Crippen LogP contribution in [-0.2, 0) is 11.3 Å². The summed E-state index contributed by atoms with van der Waals surface area (Å²) in [4.78, 5) is 26.3. The quantitative estimate of drug-likeness (QED) is 0.737. The van der Waals surface area contributed by atoms with E-state index in [0.717, 1.165) is 11.0 Å². The number of aromatic nitrogens is 2. The fourth-order valence-corrected chi connectivity index (χ4v) is 2.13. The summed E-state index contributed by atoms with van der Waals surface area (Å²) in [6.45, 7) is 4.48. The third kappa shape index (κ3) is 3.72. The minimum Gasteiger partial charge on any atom is -0.392 e. The first-order valence-corrected chi connectivity index (χ1v) is 7.11. The van der Waals surface area contributed by atoms with Gasteiger partial charge >= 0.3 is 5.69 Å². The third-order valence-corrected chi connectivity index (χ3v) is 3.50. The number of fused-ring (bicyclic) bond motifs is 1. The Bertz CT molecular complexity index is 672. The van der Waals surface area contributed by atoms with Crippen LogP contribution in [0, 0.1) is 5.92 Å². The summed E-state index contributed by atoms with van der Waals surface area (Å²) in [6, 6.07) is 7.42. The molecule has 1 unspecified atom stereocenters. The molecule has 0 aliphatic carbocycles. The average Bonchev–Trinajstić information content (AvgIpc) is 2.75. The number of rotatable bonds is 6. The van der Waals surface area contributed by atoms with Crippen molar-refractivity contribution < 1.29 is 9.90 Å². The van der Waals surface area contributed by atoms with E-state index >= 15 is 0 Å². The van der Waals surface area contributed by atoms with Gasteiger partial charge in [0.25, 0.3) is 0 Å². The van der Waals surface area contributed by atoms with Gasteiger partial charge in [-0.3, -0.25) is 9.36 Å². The van der Waals surface area contributed by atoms with E-state index in [1.54, 1.807) is 4.57 Å². The van der Waals surface area contributed by atoms with Gasteiger partial charge in [-0.15, -0.1) is 0 Å². The second-order valence-electron chi connectivity index (χ2n) is 5.46. The zero-order chi connectivity index (χ0) is 15.4. The molecule has 0 fully saturated rings. The van der Waals surface area contributed by atoms with Gasteiger partial charge in [0.2, 0.25) is 5.91 Å². The van der Waals surface area contributed by atoms with Crippen molar-refractivity contribution in [2.24, 2.45) is 5.92 Å². The van der Waals surface area contributed by atoms with Crippen molar-refractivity contribution in [3.05, 3.63) is 34.7 Å². The van der Waals surface area contributed by atoms with Crippen molar-refractivity contribution >= 4 is 16.9 Å². The van der Waals surface area contributed by atoms with Gasteiger partial charge in [0.15, 0.2) is 0 Å². The summed E-state index contributed by atoms with van der Waals surface area (Å²) in [5.74, 6) is -0.156. The molecule has 3 N–H and O–H groups in total. The van der Waals surface area contributed by atoms with Crippen molar-refractivity contribution in [3.63, 3.8) is 0 Å². The molecule has 6 nitrogen and oxygen atoms in total. The summed E-state index contributed by atoms with van der Waals surface area (Å²) < 4.78 is 1.59. The molecule has 2 aromatic rings. The normalized spacial score (nSPS) is 12.8. The standard InChI is InChI=1S/C15H21N3O3/c1-10(2)13(19)9-14(20)16-7-8-18-12-6-4-3-5-11(12)17-15(18)21/h3-6,10,13,19H,7-9H2,1-2H3,(H,16,20)(H,17,21). The predicted octanol–water partition coefficient (Wildman–Crippen LogP) is 0.853. The number of nitrogens with one attached hydrogen (secondary N) is 2. The molecule has 0 aliphatic rings. The van der Waals surface area contributed by atoms with Crippen molar-refractivity contribution in [2.45, 2.75) is 32.9 Å². The van der Waals surface area contributed by atoms with Gasteiger partial charge in [0.1, 0.15) is 0 Å². The van der Waals surface area contributed by atoms with Gasteiger partial charge in [-0.2, -0.15) is 0 Å². The predicted molar refractivity (Wildman–Crippen MR) is 81.0 cm³/mol. The Morgan fingerprint density at radius 1 is 1.38 bits per heavy atom. The molecule has 0 spiro atoms. The van der Waals surface area contributed by atoms with Gasteiger partial charge in [0, 0.05) is 13.1 Å². The lowest BCUT2D eigenvalue weighted by Crippen LogP contribution is -2.33. The highest BCUT2D eigenvalue weighted by atomic mass is 16.3. The minimum atomic E-state index is -0.638. The highest BCUT2D eigenvalue weighted by Crippen LogP contribution is 2.08. The zero-order valence-electron chi connectivity index (χ0n) is 12.3. The molecule has 1 aromatic carbocycles. The van der Waals surface area contributed by atoms with E-state index in [4.69, 9.17) is 0 Å². The Morgan fingerprint density at radius 2 is 2.10 bits per heavy atom. The van der Waals surface area contributed by atoms with E-state index in [0.29, 0.717) is 13.1 Å². The first kappa shape index (κ1) is 15.3. The number of H-pyrrole nitrogens is 1. The summed E-state index contributed by atoms with van der Waals surface area (Å²) in [5.41, 5.74) is 1.41. The number of amides is 1. The fourth-order valence-electron chi connectivity index (χ4n) is 2.13. The maximum Gasteiger partial charge on any atom is 0.326 e. The number of para-hydroxylation sites is 2. The van der Waals surface area contributed by atoms with E-state index in [1.165, 1.54) is 0 Å². The smallest absolute Gasteiger partial charge is 0.326 e. The maximum absolute atomic E-state index is 11.8. The van der Waals surface area contributed by atoms with E-state index in [9.17, 15) is 14.7 Å². The average molecular weight is 291 g/mol. The van der Waals surface area contributed by atoms with Gasteiger partial charge < -0.3 is 15.4 Å². The van der Waals surface area contributed by atoms with Crippen LogP contribution < -0.4 is 11.0 Å². The number of aliphatic hydroxyl groups excluding tert-OH is 1. The lowest BCUT2D eigenvalue weighted by Gasteiger charge is -2.14. The monoisotopic (exact) mass is 291 g/mol. The van der Waals surface area contributed by atoms with Gasteiger partial charge in [-0.25, -0.2) is 4.79 Å². The van der Waals surface area contributed by atoms with E-state index < -0.39 is 6.10 Å². The first-order valence-electron chi connectivity index (χ1n) is 7.11. The number of benzene rings is 1. The fraction of sp³-hybridized carbons (Fsp3) is 0.467. The van der Waals surface area contributed by atoms with Crippen molar-refractivity contribution in [2.75, 3.05) is 6.54 Å². The molecule has 0 aliphatic heterocycles. The molecule has 2 rings (SSSR count). The number of hydrogen-bond donors (Lipinski definition) is 3. The molecule has 1 heterocycles. The molecule has 1 aromatic heterocycles. The molecule has 114 valence electrons. The first-order chi connectivity index (χ1) is 9.99. The number of nitrogens with zero attached hydrogens (tertiary/aromatic N) is 1. The van der Waals surface area contributed by atoms with Gasteiger partial charge in [-0.1, -0.05) is 26.0 Å². The Morgan fingerprint density at radius 3 is 2.81 bits per heavy atom. The number of aromatic amines is 1. The summed E-state index contributed by atoms with van der Waals surface area (Å²) in [7, 11) is 0. The molecule has 0 saturated carbocycles. The molecular weight excluding hydrogens is 270 g/mol. The van der Waals surface area contributed by atoms with Crippen molar-refractivity contribution in [1.29, 1.82) is 0 Å². The van der Waals surface area contributed by atoms with Gasteiger partial charge in [0.05, 0.1) is 23.6 Å². The molecule has 0 saturated heterocycles. The zero-order valence-corrected chi connectivity index (χ0v) is 12.3. The Balaban J connectivity index is 1.92. The van der Waals surface area contributed by atoms with Crippen LogP contribution in [0.1, 0.15) is 20.3 Å². The molecule has 0 bridgehead atoms. The largest absolute Gasteiger partial charge is 0.392 e. The van der Waals surface area contributed by atoms with E-state index in [-0.39, 0.29) is 23.9 Å². The van der Waals surface area contributed by atoms with Crippen molar-refractivity contribution in [3.8, 4) is 0 Å². The highest BCUT2D eigenvalue weighted by Gasteiger charge is 2.14. The lowest BCUT2D eigenvalue weighted by molar-refractivity contribution is -0.123. The molecular formula is C15H21N3O3. The minimum absolute atomic E-state index is 0.0481. The van der Waals surface area contributed by atoms with Gasteiger partial charge in [-0.05, 0) is 18.1 Å². The number of imidazole rings is 1. The summed E-state index contributed by atoms with van der Waals surface area (Å²) in [5, 5.41) is 12.4. The number of carbonyl (C=O) groups excluding carboxylic acids is 1. The third-order valence-electron chi connectivity index (χ3n) is 3.50. The SMILES string of the molecule is CC(C)C(O)CC(=O)NCCn1c(=O)[nH]c2ccccc21. The van der Waals surface area contributed by atoms with Crippen LogP contribution in [0.5, 0.6) is 0 Å². The summed E-state index contributed by atoms with van der Waals surface area (Å²) in [6.07, 6.45) is -0.554. The molecule has 1 amide bonds. The number of carbonyl (C=O) groups is 1. The maximum atomic E-state index is 11.8. The van der Waals surface area contributed by atoms with Crippen LogP contribution >= 0.6 is 0 Å². The second kappa shape index (κ2) is 6.58. The Hall–Kier alpha value is -2.08.